The Morgan fingerprint density at radius 1 is 0.304 bits per heavy atom. The van der Waals surface area contributed by atoms with E-state index in [0.29, 0.717) is 86.4 Å². The molecule has 0 fully saturated rings. The Morgan fingerprint density at radius 2 is 0.563 bits per heavy atom. The van der Waals surface area contributed by atoms with Gasteiger partial charge in [-0.1, -0.05) is 118 Å². The van der Waals surface area contributed by atoms with Crippen molar-refractivity contribution < 1.29 is 86.9 Å². The molecule has 0 radical (unpaired) electrons. The van der Waals surface area contributed by atoms with Crippen LogP contribution in [0.1, 0.15) is 216 Å². The number of para-hydroxylation sites is 2. The van der Waals surface area contributed by atoms with Crippen LogP contribution in [0, 0.1) is 29.6 Å². The summed E-state index contributed by atoms with van der Waals surface area (Å²) in [5.41, 5.74) is 43.2. The quantitative estimate of drug-likeness (QED) is 0.0213. The van der Waals surface area contributed by atoms with Crippen molar-refractivity contribution in [3.05, 3.63) is 72.1 Å². The van der Waals surface area contributed by atoms with E-state index in [0.717, 1.165) is 10.9 Å². The van der Waals surface area contributed by atoms with E-state index in [9.17, 15) is 58.2 Å². The van der Waals surface area contributed by atoms with E-state index in [1.807, 2.05) is 18.2 Å². The fourth-order valence-corrected chi connectivity index (χ4v) is 15.3. The molecular formula is C93H156N24O18. The highest BCUT2D eigenvalue weighted by Gasteiger charge is 2.40. The van der Waals surface area contributed by atoms with E-state index in [-0.39, 0.29) is 127 Å². The van der Waals surface area contributed by atoms with Crippen molar-refractivity contribution in [1.82, 2.24) is 89.7 Å². The topological polar surface area (TPSA) is 708 Å². The molecule has 17 atom stereocenters. The molecular weight excluding hydrogens is 1740 g/mol. The maximum absolute atomic E-state index is 15.3. The van der Waals surface area contributed by atoms with Crippen molar-refractivity contribution in [2.24, 2.45) is 69.7 Å². The van der Waals surface area contributed by atoms with Crippen molar-refractivity contribution >= 4 is 116 Å². The Morgan fingerprint density at radius 3 is 0.874 bits per heavy atom. The van der Waals surface area contributed by atoms with E-state index >= 15 is 28.8 Å². The van der Waals surface area contributed by atoms with Gasteiger partial charge in [0.25, 0.3) is 0 Å². The second-order valence-electron chi connectivity index (χ2n) is 36.2. The number of benzene rings is 2. The minimum absolute atomic E-state index is 0.0118. The molecule has 4 aromatic rings. The summed E-state index contributed by atoms with van der Waals surface area (Å²) < 4.78 is 0. The van der Waals surface area contributed by atoms with Crippen LogP contribution in [0.15, 0.2) is 60.9 Å². The number of carbonyl (C=O) groups excluding carboxylic acids is 16. The molecule has 135 heavy (non-hydrogen) atoms. The van der Waals surface area contributed by atoms with Crippen LogP contribution in [0.2, 0.25) is 0 Å². The number of aliphatic hydroxyl groups is 2. The highest BCUT2D eigenvalue weighted by molar-refractivity contribution is 6.02. The molecule has 4 rings (SSSR count). The number of aromatic nitrogens is 2. The van der Waals surface area contributed by atoms with Crippen molar-refractivity contribution in [3.63, 3.8) is 0 Å². The van der Waals surface area contributed by atoms with Gasteiger partial charge >= 0.3 is 0 Å². The lowest BCUT2D eigenvalue weighted by Crippen LogP contribution is -2.62. The third-order valence-electron chi connectivity index (χ3n) is 23.6. The molecule has 42 nitrogen and oxygen atoms in total. The van der Waals surface area contributed by atoms with Crippen LogP contribution in [0.5, 0.6) is 0 Å². The van der Waals surface area contributed by atoms with Gasteiger partial charge in [-0.05, 0) is 208 Å². The van der Waals surface area contributed by atoms with Gasteiger partial charge < -0.3 is 140 Å². The van der Waals surface area contributed by atoms with Gasteiger partial charge in [-0.15, -0.1) is 0 Å². The van der Waals surface area contributed by atoms with Gasteiger partial charge in [0.15, 0.2) is 0 Å². The average molecular weight is 1900 g/mol. The maximum Gasteiger partial charge on any atom is 0.245 e. The number of aliphatic hydroxyl groups excluding tert-OH is 2. The fourth-order valence-electron chi connectivity index (χ4n) is 15.3. The monoisotopic (exact) mass is 1900 g/mol. The van der Waals surface area contributed by atoms with Crippen LogP contribution in [-0.2, 0) is 89.6 Å². The molecule has 0 aliphatic heterocycles. The number of fused-ring (bicyclic) bond motifs is 2. The largest absolute Gasteiger partial charge is 0.394 e. The Hall–Kier alpha value is -11.3. The van der Waals surface area contributed by atoms with Gasteiger partial charge in [-0.2, -0.15) is 0 Å². The first kappa shape index (κ1) is 116. The number of primary amides is 1. The highest BCUT2D eigenvalue weighted by Crippen LogP contribution is 2.24. The third-order valence-corrected chi connectivity index (χ3v) is 23.6. The molecule has 2 aromatic heterocycles. The van der Waals surface area contributed by atoms with Crippen LogP contribution in [-0.4, -0.2) is 258 Å². The average Bonchev–Trinajstić information content (AvgIpc) is 1.70. The fraction of sp³-hybridized carbons (Fsp3) is 0.656. The predicted octanol–water partition coefficient (Wildman–Crippen LogP) is -1.97. The molecule has 0 saturated heterocycles. The number of nitrogens with one attached hydrogen (secondary N) is 17. The van der Waals surface area contributed by atoms with Gasteiger partial charge in [0.2, 0.25) is 94.5 Å². The lowest BCUT2D eigenvalue weighted by Gasteiger charge is -2.29. The molecule has 0 unspecified atom stereocenters. The predicted molar refractivity (Wildman–Crippen MR) is 513 cm³/mol. The number of aromatic amines is 2. The van der Waals surface area contributed by atoms with Crippen LogP contribution in [0.4, 0.5) is 0 Å². The zero-order valence-electron chi connectivity index (χ0n) is 80.5. The van der Waals surface area contributed by atoms with Crippen LogP contribution in [0.25, 0.3) is 21.8 Å². The second-order valence-corrected chi connectivity index (χ2v) is 36.2. The highest BCUT2D eigenvalue weighted by atomic mass is 16.3. The van der Waals surface area contributed by atoms with Crippen molar-refractivity contribution in [2.75, 3.05) is 52.5 Å². The van der Waals surface area contributed by atoms with E-state index < -0.39 is 217 Å². The molecule has 2 heterocycles. The molecule has 756 valence electrons. The summed E-state index contributed by atoms with van der Waals surface area (Å²) in [5, 5.41) is 62.9. The van der Waals surface area contributed by atoms with E-state index in [4.69, 9.17) is 40.1 Å². The number of unbranched alkanes of at least 4 members (excludes halogenated alkanes) is 5. The minimum atomic E-state index is -1.82. The first-order valence-corrected chi connectivity index (χ1v) is 47.6. The van der Waals surface area contributed by atoms with Crippen LogP contribution in [0.3, 0.4) is 0 Å². The molecule has 16 amide bonds. The lowest BCUT2D eigenvalue weighted by atomic mass is 9.96. The first-order chi connectivity index (χ1) is 64.3. The van der Waals surface area contributed by atoms with E-state index in [2.05, 4.69) is 89.7 Å². The Balaban J connectivity index is 1.68. The zero-order chi connectivity index (χ0) is 101. The van der Waals surface area contributed by atoms with Crippen molar-refractivity contribution in [1.29, 1.82) is 0 Å². The number of rotatable bonds is 67. The first-order valence-electron chi connectivity index (χ1n) is 47.6. The molecule has 42 heteroatoms. The van der Waals surface area contributed by atoms with Gasteiger partial charge in [-0.25, -0.2) is 0 Å². The van der Waals surface area contributed by atoms with Gasteiger partial charge in [0.1, 0.15) is 90.6 Å². The summed E-state index contributed by atoms with van der Waals surface area (Å²) in [4.78, 5) is 235. The smallest absolute Gasteiger partial charge is 0.245 e. The SMILES string of the molecule is CC[C@H](C)[C@H](NC(=O)CN)C(=O)N[C@@H](CC(C)C)C(=O)N[C@@H](CO)C(=O)N[C@@H](CO)C(=O)N[C@@H](CC(C)C)C(=O)N[C@@H](Cc1c[nH]c2ccccc12)C(=O)N[C@@H](CCCCN)C(=O)N[C@@H](CCCCN)C(=O)N[C@@H](CC(C)C)C(=O)N[C@@H](CCCCN)C(=O)N[C@@H](CCCCN)C(=O)N[C@@H](Cc1c[nH]c2ccccc12)C(=O)N[C@H](C(=O)N[C@@H](C)C(=O)N[C@@H](CCCCN)C(N)=O)[C@@H](C)CC. The summed E-state index contributed by atoms with van der Waals surface area (Å²) in [7, 11) is 0. The summed E-state index contributed by atoms with van der Waals surface area (Å²) in [6.45, 7) is 17.7. The molecule has 0 bridgehead atoms. The van der Waals surface area contributed by atoms with Crippen LogP contribution < -0.4 is 120 Å². The summed E-state index contributed by atoms with van der Waals surface area (Å²) in [6, 6.07) is -6.53. The van der Waals surface area contributed by atoms with Crippen molar-refractivity contribution in [2.45, 2.75) is 308 Å². The second kappa shape index (κ2) is 61.7. The van der Waals surface area contributed by atoms with Crippen molar-refractivity contribution in [3.8, 4) is 0 Å². The van der Waals surface area contributed by atoms with Gasteiger partial charge in [0, 0.05) is 47.0 Å². The number of H-pyrrole nitrogens is 2. The summed E-state index contributed by atoms with van der Waals surface area (Å²) >= 11 is 0. The number of hydrogen-bond donors (Lipinski definition) is 26. The number of nitrogens with two attached hydrogens (primary N) is 7. The molecule has 33 N–H and O–H groups in total. The Kier molecular flexibility index (Phi) is 53.0. The maximum atomic E-state index is 15.3. The Bertz CT molecular complexity index is 4450. The summed E-state index contributed by atoms with van der Waals surface area (Å²) in [6.07, 6.45) is 7.54. The van der Waals surface area contributed by atoms with Gasteiger partial charge in [-0.3, -0.25) is 76.7 Å². The van der Waals surface area contributed by atoms with E-state index in [1.165, 1.54) is 6.92 Å². The standard InChI is InChI=1S/C93H156N24O18/c1-12-55(9)77(116-76(120)47-99)93(135)113-71(44-54(7)8)87(129)114-75(51-119)91(133)115-74(50-118)90(132)110-70(43-53(5)6)86(128)112-72(45-58-48-101-62-30-16-14-28-60(58)62)88(130)108-66(34-20-25-39-96)82(124)105-67(35-21-26-40-97)83(125)109-69(42-52(3)4)85(127)107-65(33-19-24-38-95)81(123)106-68(36-22-27-41-98)84(126)111-73(46-59-49-102-63-31-17-15-29-61(59)63)89(131)117-78(56(10)13-2)92(134)103-57(11)80(122)104-64(79(100)121)32-18-23-37-94/h14-17,28-31,48-49,52-57,64-75,77-78,101-102,118-119H,12-13,18-27,32-47,50-51,94-99H2,1-11H3,(H2,100,121)(H,103,134)(H,104,122)(H,105,124)(H,106,123)(H,107,127)(H,108,130)(H,109,125)(H,110,132)(H,111,126)(H,112,128)(H,113,135)(H,114,129)(H,115,133)(H,116,120)(H,117,131)/t55-,56-,57-,64-,65-,66-,67-,68-,69-,70-,71-,72-,73-,74-,75-,77-,78-/m0/s1. The Labute approximate surface area is 791 Å². The lowest BCUT2D eigenvalue weighted by molar-refractivity contribution is -0.137. The van der Waals surface area contributed by atoms with E-state index in [1.54, 1.807) is 112 Å². The number of amides is 16. The third kappa shape index (κ3) is 39.9. The summed E-state index contributed by atoms with van der Waals surface area (Å²) in [5.74, 6) is -15.2. The molecule has 0 spiro atoms. The van der Waals surface area contributed by atoms with Gasteiger partial charge in [0.05, 0.1) is 19.8 Å². The normalized spacial score (nSPS) is 15.3. The number of hydrogen-bond acceptors (Lipinski definition) is 24. The molecule has 0 aliphatic rings. The molecule has 2 aromatic carbocycles. The number of carbonyl (C=O) groups is 16. The molecule has 0 aliphatic carbocycles. The zero-order valence-corrected chi connectivity index (χ0v) is 80.5. The minimum Gasteiger partial charge on any atom is -0.394 e. The molecule has 0 saturated carbocycles. The van der Waals surface area contributed by atoms with Crippen LogP contribution >= 0.6 is 0 Å².